The van der Waals surface area contributed by atoms with Crippen molar-refractivity contribution in [1.29, 1.82) is 10.5 Å². The molecule has 0 aliphatic heterocycles. The minimum atomic E-state index is -0.900. The van der Waals surface area contributed by atoms with E-state index in [9.17, 15) is 14.9 Å². The van der Waals surface area contributed by atoms with Gasteiger partial charge in [0, 0.05) is 19.8 Å². The second kappa shape index (κ2) is 9.56. The number of rotatable bonds is 6. The van der Waals surface area contributed by atoms with Crippen LogP contribution in [0.15, 0.2) is 54.1 Å². The molecule has 1 amide bonds. The number of nitrogens with zero attached hydrogens (tertiary/aromatic N) is 3. The Morgan fingerprint density at radius 1 is 1.11 bits per heavy atom. The molecule has 0 aromatic heterocycles. The summed E-state index contributed by atoms with van der Waals surface area (Å²) in [7, 11) is 3.81. The molecule has 1 N–H and O–H groups in total. The fourth-order valence-electron chi connectivity index (χ4n) is 2.26. The van der Waals surface area contributed by atoms with Crippen LogP contribution < -0.4 is 10.2 Å². The predicted octanol–water partition coefficient (Wildman–Crippen LogP) is 2.71. The highest BCUT2D eigenvalue weighted by atomic mass is 16.5. The van der Waals surface area contributed by atoms with E-state index in [0.717, 1.165) is 5.69 Å². The van der Waals surface area contributed by atoms with E-state index in [-0.39, 0.29) is 5.57 Å². The van der Waals surface area contributed by atoms with Crippen LogP contribution in [0.25, 0.3) is 6.08 Å². The topological polar surface area (TPSA) is 106 Å². The molecule has 0 aliphatic rings. The first-order valence-corrected chi connectivity index (χ1v) is 8.30. The summed E-state index contributed by atoms with van der Waals surface area (Å²) < 4.78 is 4.90. The molecule has 0 aliphatic carbocycles. The minimum Gasteiger partial charge on any atom is -0.451 e. The molecular weight excluding hydrogens is 356 g/mol. The number of hydrogen-bond acceptors (Lipinski definition) is 6. The van der Waals surface area contributed by atoms with Crippen molar-refractivity contribution in [3.63, 3.8) is 0 Å². The minimum absolute atomic E-state index is 0.220. The average Bonchev–Trinajstić information content (AvgIpc) is 2.71. The quantitative estimate of drug-likeness (QED) is 0.473. The van der Waals surface area contributed by atoms with E-state index in [1.165, 1.54) is 6.08 Å². The maximum Gasteiger partial charge on any atom is 0.349 e. The zero-order chi connectivity index (χ0) is 20.5. The lowest BCUT2D eigenvalue weighted by Gasteiger charge is -2.11. The van der Waals surface area contributed by atoms with Gasteiger partial charge in [-0.15, -0.1) is 0 Å². The van der Waals surface area contributed by atoms with Crippen LogP contribution in [0.2, 0.25) is 0 Å². The predicted molar refractivity (Wildman–Crippen MR) is 105 cm³/mol. The highest BCUT2D eigenvalue weighted by Crippen LogP contribution is 2.15. The van der Waals surface area contributed by atoms with Gasteiger partial charge in [-0.1, -0.05) is 24.3 Å². The van der Waals surface area contributed by atoms with Gasteiger partial charge in [0.2, 0.25) is 0 Å². The van der Waals surface area contributed by atoms with Crippen molar-refractivity contribution in [3.8, 4) is 12.1 Å². The van der Waals surface area contributed by atoms with E-state index in [4.69, 9.17) is 10.00 Å². The van der Waals surface area contributed by atoms with Crippen LogP contribution in [0.5, 0.6) is 0 Å². The standard InChI is InChI=1S/C21H18N4O3/c1-25(2)18-9-7-15(8-10-18)11-17(13-23)21(27)28-14-20(26)24-19-6-4-3-5-16(19)12-22/h3-11H,14H2,1-2H3,(H,24,26)/b17-11+. The molecule has 0 bridgehead atoms. The summed E-state index contributed by atoms with van der Waals surface area (Å²) in [5.41, 5.74) is 2.03. The summed E-state index contributed by atoms with van der Waals surface area (Å²) >= 11 is 0. The fourth-order valence-corrected chi connectivity index (χ4v) is 2.26. The molecule has 0 atom stereocenters. The van der Waals surface area contributed by atoms with Crippen LogP contribution in [0.4, 0.5) is 11.4 Å². The first-order chi connectivity index (χ1) is 13.4. The normalized spacial score (nSPS) is 10.4. The number of nitrogens with one attached hydrogen (secondary N) is 1. The lowest BCUT2D eigenvalue weighted by atomic mass is 10.1. The second-order valence-electron chi connectivity index (χ2n) is 5.94. The third kappa shape index (κ3) is 5.45. The maximum atomic E-state index is 12.1. The Morgan fingerprint density at radius 3 is 2.39 bits per heavy atom. The number of amides is 1. The van der Waals surface area contributed by atoms with Crippen LogP contribution in [0, 0.1) is 22.7 Å². The SMILES string of the molecule is CN(C)c1ccc(/C=C(\C#N)C(=O)OCC(=O)Nc2ccccc2C#N)cc1. The maximum absolute atomic E-state index is 12.1. The van der Waals surface area contributed by atoms with Crippen LogP contribution in [0.1, 0.15) is 11.1 Å². The highest BCUT2D eigenvalue weighted by molar-refractivity contribution is 6.00. The van der Waals surface area contributed by atoms with Crippen molar-refractivity contribution in [1.82, 2.24) is 0 Å². The van der Waals surface area contributed by atoms with E-state index >= 15 is 0 Å². The van der Waals surface area contributed by atoms with Gasteiger partial charge in [0.25, 0.3) is 5.91 Å². The average molecular weight is 374 g/mol. The number of carbonyl (C=O) groups is 2. The summed E-state index contributed by atoms with van der Waals surface area (Å²) in [6.45, 7) is -0.572. The summed E-state index contributed by atoms with van der Waals surface area (Å²) in [5, 5.41) is 20.7. The van der Waals surface area contributed by atoms with Crippen LogP contribution in [-0.2, 0) is 14.3 Å². The summed E-state index contributed by atoms with van der Waals surface area (Å²) in [6.07, 6.45) is 1.39. The third-order valence-corrected chi connectivity index (χ3v) is 3.72. The largest absolute Gasteiger partial charge is 0.451 e. The van der Waals surface area contributed by atoms with Crippen molar-refractivity contribution in [2.45, 2.75) is 0 Å². The van der Waals surface area contributed by atoms with Gasteiger partial charge in [0.1, 0.15) is 17.7 Å². The Balaban J connectivity index is 1.99. The summed E-state index contributed by atoms with van der Waals surface area (Å²) in [5.74, 6) is -1.51. The van der Waals surface area contributed by atoms with Gasteiger partial charge in [-0.2, -0.15) is 10.5 Å². The zero-order valence-corrected chi connectivity index (χ0v) is 15.5. The molecule has 2 aromatic rings. The van der Waals surface area contributed by atoms with Crippen molar-refractivity contribution < 1.29 is 14.3 Å². The van der Waals surface area contributed by atoms with Crippen molar-refractivity contribution in [2.24, 2.45) is 0 Å². The number of benzene rings is 2. The Hall–Kier alpha value is -4.10. The number of anilines is 2. The van der Waals surface area contributed by atoms with Gasteiger partial charge in [-0.25, -0.2) is 4.79 Å². The van der Waals surface area contributed by atoms with Gasteiger partial charge in [-0.05, 0) is 35.9 Å². The third-order valence-electron chi connectivity index (χ3n) is 3.72. The van der Waals surface area contributed by atoms with Crippen LogP contribution in [-0.4, -0.2) is 32.6 Å². The molecule has 0 spiro atoms. The van der Waals surface area contributed by atoms with Crippen molar-refractivity contribution >= 4 is 29.3 Å². The fraction of sp³-hybridized carbons (Fsp3) is 0.143. The molecular formula is C21H18N4O3. The monoisotopic (exact) mass is 374 g/mol. The van der Waals surface area contributed by atoms with Crippen LogP contribution in [0.3, 0.4) is 0 Å². The molecule has 28 heavy (non-hydrogen) atoms. The molecule has 2 rings (SSSR count). The van der Waals surface area contributed by atoms with Crippen LogP contribution >= 0.6 is 0 Å². The summed E-state index contributed by atoms with van der Waals surface area (Å²) in [4.78, 5) is 26.0. The zero-order valence-electron chi connectivity index (χ0n) is 15.5. The second-order valence-corrected chi connectivity index (χ2v) is 5.94. The molecule has 2 aromatic carbocycles. The molecule has 0 fully saturated rings. The lowest BCUT2D eigenvalue weighted by molar-refractivity contribution is -0.142. The van der Waals surface area contributed by atoms with Crippen molar-refractivity contribution in [3.05, 3.63) is 65.2 Å². The number of ether oxygens (including phenoxy) is 1. The van der Waals surface area contributed by atoms with E-state index in [1.807, 2.05) is 37.2 Å². The van der Waals surface area contributed by atoms with E-state index in [2.05, 4.69) is 5.32 Å². The molecule has 7 heteroatoms. The lowest BCUT2D eigenvalue weighted by Crippen LogP contribution is -2.21. The Morgan fingerprint density at radius 2 is 1.79 bits per heavy atom. The Bertz CT molecular complexity index is 980. The van der Waals surface area contributed by atoms with Gasteiger partial charge in [0.05, 0.1) is 11.3 Å². The Labute approximate surface area is 163 Å². The number of nitriles is 2. The van der Waals surface area contributed by atoms with Crippen molar-refractivity contribution in [2.75, 3.05) is 30.9 Å². The molecule has 7 nitrogen and oxygen atoms in total. The number of carbonyl (C=O) groups excluding carboxylic acids is 2. The van der Waals surface area contributed by atoms with Gasteiger partial charge < -0.3 is 15.0 Å². The molecule has 0 radical (unpaired) electrons. The van der Waals surface area contributed by atoms with Gasteiger partial charge >= 0.3 is 5.97 Å². The number of esters is 1. The molecule has 140 valence electrons. The molecule has 0 unspecified atom stereocenters. The molecule has 0 heterocycles. The Kier molecular flexibility index (Phi) is 6.90. The highest BCUT2D eigenvalue weighted by Gasteiger charge is 2.14. The van der Waals surface area contributed by atoms with Gasteiger partial charge in [0.15, 0.2) is 6.61 Å². The molecule has 0 saturated carbocycles. The molecule has 0 saturated heterocycles. The van der Waals surface area contributed by atoms with E-state index < -0.39 is 18.5 Å². The number of hydrogen-bond donors (Lipinski definition) is 1. The number of para-hydroxylation sites is 1. The first-order valence-electron chi connectivity index (χ1n) is 8.30. The summed E-state index contributed by atoms with van der Waals surface area (Å²) in [6, 6.07) is 17.4. The first kappa shape index (κ1) is 20.2. The van der Waals surface area contributed by atoms with Gasteiger partial charge in [-0.3, -0.25) is 4.79 Å². The smallest absolute Gasteiger partial charge is 0.349 e. The van der Waals surface area contributed by atoms with E-state index in [1.54, 1.807) is 42.5 Å². The van der Waals surface area contributed by atoms with E-state index in [0.29, 0.717) is 16.8 Å².